The molecular formula is C8H10BrN5. The van der Waals surface area contributed by atoms with Gasteiger partial charge in [-0.05, 0) is 22.9 Å². The Balaban J connectivity index is 2.59. The summed E-state index contributed by atoms with van der Waals surface area (Å²) in [7, 11) is 1.86. The zero-order valence-electron chi connectivity index (χ0n) is 7.95. The maximum atomic E-state index is 4.33. The maximum absolute atomic E-state index is 4.33. The van der Waals surface area contributed by atoms with Crippen molar-refractivity contribution < 1.29 is 0 Å². The van der Waals surface area contributed by atoms with Crippen LogP contribution in [0.15, 0.2) is 10.8 Å². The van der Waals surface area contributed by atoms with Crippen LogP contribution in [0.3, 0.4) is 0 Å². The lowest BCUT2D eigenvalue weighted by Gasteiger charge is -2.00. The molecule has 0 spiro atoms. The summed E-state index contributed by atoms with van der Waals surface area (Å²) < 4.78 is 2.50. The van der Waals surface area contributed by atoms with Crippen molar-refractivity contribution in [3.63, 3.8) is 0 Å². The van der Waals surface area contributed by atoms with E-state index in [1.807, 2.05) is 14.0 Å². The van der Waals surface area contributed by atoms with Gasteiger partial charge in [0, 0.05) is 19.8 Å². The number of anilines is 1. The van der Waals surface area contributed by atoms with E-state index in [0.717, 1.165) is 22.2 Å². The van der Waals surface area contributed by atoms with Crippen molar-refractivity contribution in [1.29, 1.82) is 0 Å². The number of aryl methyl sites for hydroxylation is 1. The Morgan fingerprint density at radius 2 is 2.36 bits per heavy atom. The Bertz CT molecular complexity index is 464. The van der Waals surface area contributed by atoms with Gasteiger partial charge in [-0.15, -0.1) is 0 Å². The van der Waals surface area contributed by atoms with E-state index in [-0.39, 0.29) is 0 Å². The minimum Gasteiger partial charge on any atom is -0.354 e. The average molecular weight is 256 g/mol. The van der Waals surface area contributed by atoms with Crippen LogP contribution in [0, 0.1) is 0 Å². The number of halogens is 1. The fourth-order valence-electron chi connectivity index (χ4n) is 1.24. The number of aromatic nitrogens is 4. The molecule has 74 valence electrons. The molecule has 2 rings (SSSR count). The summed E-state index contributed by atoms with van der Waals surface area (Å²) in [6.45, 7) is 2.82. The topological polar surface area (TPSA) is 55.6 Å². The number of hydrogen-bond donors (Lipinski definition) is 1. The molecule has 0 atom stereocenters. The first-order chi connectivity index (χ1) is 6.72. The third-order valence-electron chi connectivity index (χ3n) is 1.87. The zero-order chi connectivity index (χ0) is 10.1. The third-order valence-corrected chi connectivity index (χ3v) is 2.46. The van der Waals surface area contributed by atoms with Gasteiger partial charge in [-0.25, -0.2) is 9.67 Å². The van der Waals surface area contributed by atoms with Gasteiger partial charge in [-0.2, -0.15) is 10.1 Å². The number of hydrogen-bond acceptors (Lipinski definition) is 4. The highest BCUT2D eigenvalue weighted by Crippen LogP contribution is 2.20. The third kappa shape index (κ3) is 1.45. The second-order valence-electron chi connectivity index (χ2n) is 2.88. The Kier molecular flexibility index (Phi) is 2.37. The van der Waals surface area contributed by atoms with E-state index in [1.54, 1.807) is 10.9 Å². The highest BCUT2D eigenvalue weighted by Gasteiger charge is 2.08. The molecule has 0 aliphatic carbocycles. The minimum atomic E-state index is 0.635. The quantitative estimate of drug-likeness (QED) is 0.885. The van der Waals surface area contributed by atoms with Crippen molar-refractivity contribution in [1.82, 2.24) is 19.7 Å². The van der Waals surface area contributed by atoms with Gasteiger partial charge in [0.15, 0.2) is 5.65 Å². The molecule has 0 unspecified atom stereocenters. The molecule has 0 saturated heterocycles. The zero-order valence-corrected chi connectivity index (χ0v) is 9.54. The Morgan fingerprint density at radius 1 is 1.57 bits per heavy atom. The van der Waals surface area contributed by atoms with Crippen molar-refractivity contribution in [2.24, 2.45) is 7.05 Å². The molecule has 0 bridgehead atoms. The van der Waals surface area contributed by atoms with Crippen molar-refractivity contribution in [3.05, 3.63) is 10.8 Å². The molecule has 5 nitrogen and oxygen atoms in total. The standard InChI is InChI=1S/C8H10BrN5/c1-3-10-8-11-4-5-6(9)13-14(2)7(5)12-8/h4H,3H2,1-2H3,(H,10,11,12). The smallest absolute Gasteiger partial charge is 0.224 e. The summed E-state index contributed by atoms with van der Waals surface area (Å²) in [4.78, 5) is 8.50. The molecule has 0 aliphatic heterocycles. The van der Waals surface area contributed by atoms with Crippen LogP contribution >= 0.6 is 15.9 Å². The lowest BCUT2D eigenvalue weighted by Crippen LogP contribution is -2.02. The summed E-state index contributed by atoms with van der Waals surface area (Å²) >= 11 is 3.35. The van der Waals surface area contributed by atoms with Crippen LogP contribution < -0.4 is 5.32 Å². The van der Waals surface area contributed by atoms with Crippen LogP contribution in [0.2, 0.25) is 0 Å². The second-order valence-corrected chi connectivity index (χ2v) is 3.63. The van der Waals surface area contributed by atoms with Gasteiger partial charge in [0.25, 0.3) is 0 Å². The summed E-state index contributed by atoms with van der Waals surface area (Å²) in [5.41, 5.74) is 0.822. The predicted molar refractivity (Wildman–Crippen MR) is 58.2 cm³/mol. The monoisotopic (exact) mass is 255 g/mol. The van der Waals surface area contributed by atoms with E-state index in [1.165, 1.54) is 0 Å². The van der Waals surface area contributed by atoms with E-state index in [9.17, 15) is 0 Å². The Labute approximate surface area is 89.7 Å². The number of nitrogens with one attached hydrogen (secondary N) is 1. The normalized spacial score (nSPS) is 10.8. The second kappa shape index (κ2) is 3.53. The van der Waals surface area contributed by atoms with Gasteiger partial charge < -0.3 is 5.32 Å². The van der Waals surface area contributed by atoms with E-state index >= 15 is 0 Å². The molecular weight excluding hydrogens is 246 g/mol. The molecule has 14 heavy (non-hydrogen) atoms. The molecule has 2 aromatic heterocycles. The maximum Gasteiger partial charge on any atom is 0.224 e. The van der Waals surface area contributed by atoms with Crippen molar-refractivity contribution in [3.8, 4) is 0 Å². The molecule has 1 N–H and O–H groups in total. The lowest BCUT2D eigenvalue weighted by molar-refractivity contribution is 0.778. The first kappa shape index (κ1) is 9.39. The number of rotatable bonds is 2. The fourth-order valence-corrected chi connectivity index (χ4v) is 1.76. The molecule has 0 amide bonds. The highest BCUT2D eigenvalue weighted by atomic mass is 79.9. The van der Waals surface area contributed by atoms with Crippen molar-refractivity contribution in [2.45, 2.75) is 6.92 Å². The first-order valence-electron chi connectivity index (χ1n) is 4.31. The summed E-state index contributed by atoms with van der Waals surface area (Å²) in [6, 6.07) is 0. The van der Waals surface area contributed by atoms with Gasteiger partial charge in [-0.1, -0.05) is 0 Å². The lowest BCUT2D eigenvalue weighted by atomic mass is 10.4. The van der Waals surface area contributed by atoms with Gasteiger partial charge >= 0.3 is 0 Å². The van der Waals surface area contributed by atoms with Crippen molar-refractivity contribution >= 4 is 32.9 Å². The summed E-state index contributed by atoms with van der Waals surface area (Å²) in [5.74, 6) is 0.635. The molecule has 0 aromatic carbocycles. The van der Waals surface area contributed by atoms with Crippen LogP contribution in [0.5, 0.6) is 0 Å². The van der Waals surface area contributed by atoms with Crippen LogP contribution in [-0.4, -0.2) is 26.3 Å². The van der Waals surface area contributed by atoms with Crippen LogP contribution in [0.25, 0.3) is 11.0 Å². The van der Waals surface area contributed by atoms with Crippen LogP contribution in [0.4, 0.5) is 5.95 Å². The predicted octanol–water partition coefficient (Wildman–Crippen LogP) is 1.56. The average Bonchev–Trinajstić information content (AvgIpc) is 2.43. The SMILES string of the molecule is CCNc1ncc2c(Br)nn(C)c2n1. The van der Waals surface area contributed by atoms with Crippen LogP contribution in [0.1, 0.15) is 6.92 Å². The summed E-state index contributed by atoms with van der Waals surface area (Å²) in [6.07, 6.45) is 1.76. The fraction of sp³-hybridized carbons (Fsp3) is 0.375. The molecule has 0 fully saturated rings. The van der Waals surface area contributed by atoms with Gasteiger partial charge in [0.05, 0.1) is 5.39 Å². The molecule has 6 heteroatoms. The van der Waals surface area contributed by atoms with E-state index in [4.69, 9.17) is 0 Å². The summed E-state index contributed by atoms with van der Waals surface area (Å²) in [5, 5.41) is 8.18. The Hall–Kier alpha value is -1.17. The van der Waals surface area contributed by atoms with Crippen molar-refractivity contribution in [2.75, 3.05) is 11.9 Å². The number of fused-ring (bicyclic) bond motifs is 1. The molecule has 2 heterocycles. The largest absolute Gasteiger partial charge is 0.354 e. The van der Waals surface area contributed by atoms with Crippen LogP contribution in [-0.2, 0) is 7.05 Å². The van der Waals surface area contributed by atoms with E-state index < -0.39 is 0 Å². The van der Waals surface area contributed by atoms with Gasteiger partial charge in [0.2, 0.25) is 5.95 Å². The van der Waals surface area contributed by atoms with E-state index in [0.29, 0.717) is 5.95 Å². The molecule has 2 aromatic rings. The van der Waals surface area contributed by atoms with Gasteiger partial charge in [0.1, 0.15) is 4.60 Å². The number of nitrogens with zero attached hydrogens (tertiary/aromatic N) is 4. The Morgan fingerprint density at radius 3 is 3.07 bits per heavy atom. The molecule has 0 saturated carbocycles. The van der Waals surface area contributed by atoms with E-state index in [2.05, 4.69) is 36.3 Å². The first-order valence-corrected chi connectivity index (χ1v) is 5.10. The minimum absolute atomic E-state index is 0.635. The molecule has 0 aliphatic rings. The van der Waals surface area contributed by atoms with Gasteiger partial charge in [-0.3, -0.25) is 0 Å². The highest BCUT2D eigenvalue weighted by molar-refractivity contribution is 9.10. The molecule has 0 radical (unpaired) electrons.